The Kier molecular flexibility index (Phi) is 5.16. The fourth-order valence-corrected chi connectivity index (χ4v) is 2.51. The number of hydrogen-bond acceptors (Lipinski definition) is 7. The van der Waals surface area contributed by atoms with E-state index in [4.69, 9.17) is 4.74 Å². The topological polar surface area (TPSA) is 102 Å². The Labute approximate surface area is 156 Å². The van der Waals surface area contributed by atoms with Gasteiger partial charge in [0.25, 0.3) is 0 Å². The summed E-state index contributed by atoms with van der Waals surface area (Å²) in [5, 5.41) is 17.6. The van der Waals surface area contributed by atoms with Crippen LogP contribution in [-0.4, -0.2) is 22.0 Å². The van der Waals surface area contributed by atoms with Crippen molar-refractivity contribution in [2.24, 2.45) is 0 Å². The Morgan fingerprint density at radius 1 is 0.926 bits per heavy atom. The van der Waals surface area contributed by atoms with Crippen molar-refractivity contribution in [3.05, 3.63) is 69.9 Å². The number of ether oxygens (including phenoxy) is 1. The monoisotopic (exact) mass is 365 g/mol. The van der Waals surface area contributed by atoms with Crippen molar-refractivity contribution in [2.45, 2.75) is 13.8 Å². The number of nitrogens with one attached hydrogen (secondary N) is 2. The van der Waals surface area contributed by atoms with Gasteiger partial charge in [0, 0.05) is 11.4 Å². The SMILES string of the molecule is COc1ccc(Nc2nc(Nc3ccc(C)cc3)nc(C)c2[N+](=O)[O-])cc1. The predicted octanol–water partition coefficient (Wildman–Crippen LogP) is 4.50. The summed E-state index contributed by atoms with van der Waals surface area (Å²) in [5.74, 6) is 1.08. The minimum atomic E-state index is -0.489. The molecular formula is C19H19N5O3. The summed E-state index contributed by atoms with van der Waals surface area (Å²) in [4.78, 5) is 19.5. The highest BCUT2D eigenvalue weighted by Gasteiger charge is 2.22. The molecule has 0 saturated carbocycles. The van der Waals surface area contributed by atoms with Gasteiger partial charge in [0.1, 0.15) is 11.4 Å². The zero-order valence-corrected chi connectivity index (χ0v) is 15.2. The summed E-state index contributed by atoms with van der Waals surface area (Å²) in [6.07, 6.45) is 0. The summed E-state index contributed by atoms with van der Waals surface area (Å²) in [5.41, 5.74) is 2.67. The van der Waals surface area contributed by atoms with Crippen LogP contribution in [0.4, 0.5) is 28.8 Å². The molecule has 0 aliphatic rings. The van der Waals surface area contributed by atoms with Crippen LogP contribution in [0.3, 0.4) is 0 Å². The van der Waals surface area contributed by atoms with E-state index in [9.17, 15) is 10.1 Å². The first kappa shape index (κ1) is 18.1. The number of anilines is 4. The highest BCUT2D eigenvalue weighted by atomic mass is 16.6. The maximum absolute atomic E-state index is 11.5. The van der Waals surface area contributed by atoms with Gasteiger partial charge in [-0.3, -0.25) is 10.1 Å². The highest BCUT2D eigenvalue weighted by Crippen LogP contribution is 2.30. The van der Waals surface area contributed by atoms with Gasteiger partial charge in [-0.05, 0) is 50.2 Å². The average molecular weight is 365 g/mol. The number of aromatic nitrogens is 2. The van der Waals surface area contributed by atoms with Gasteiger partial charge in [0.05, 0.1) is 12.0 Å². The zero-order chi connectivity index (χ0) is 19.4. The van der Waals surface area contributed by atoms with Crippen LogP contribution in [0.5, 0.6) is 5.75 Å². The molecule has 0 fully saturated rings. The first-order valence-corrected chi connectivity index (χ1v) is 8.24. The number of benzene rings is 2. The second-order valence-electron chi connectivity index (χ2n) is 5.93. The molecule has 138 valence electrons. The second-order valence-corrected chi connectivity index (χ2v) is 5.93. The first-order chi connectivity index (χ1) is 13.0. The predicted molar refractivity (Wildman–Crippen MR) is 104 cm³/mol. The van der Waals surface area contributed by atoms with Crippen molar-refractivity contribution in [1.29, 1.82) is 0 Å². The standard InChI is InChI=1S/C19H19N5O3/c1-12-4-6-15(7-5-12)22-19-20-13(2)17(24(25)26)18(23-19)21-14-8-10-16(27-3)11-9-14/h4-11H,1-3H3,(H2,20,21,22,23). The summed E-state index contributed by atoms with van der Waals surface area (Å²) in [7, 11) is 1.57. The van der Waals surface area contributed by atoms with Gasteiger partial charge in [-0.1, -0.05) is 17.7 Å². The number of methoxy groups -OCH3 is 1. The van der Waals surface area contributed by atoms with Crippen LogP contribution in [-0.2, 0) is 0 Å². The Morgan fingerprint density at radius 3 is 2.11 bits per heavy atom. The molecule has 0 saturated heterocycles. The molecule has 0 unspecified atom stereocenters. The van der Waals surface area contributed by atoms with Crippen molar-refractivity contribution < 1.29 is 9.66 Å². The quantitative estimate of drug-likeness (QED) is 0.490. The number of hydrogen-bond donors (Lipinski definition) is 2. The average Bonchev–Trinajstić information content (AvgIpc) is 2.63. The van der Waals surface area contributed by atoms with Gasteiger partial charge < -0.3 is 15.4 Å². The van der Waals surface area contributed by atoms with Crippen molar-refractivity contribution in [1.82, 2.24) is 9.97 Å². The zero-order valence-electron chi connectivity index (χ0n) is 15.2. The Balaban J connectivity index is 1.95. The third-order valence-corrected chi connectivity index (χ3v) is 3.90. The fraction of sp³-hybridized carbons (Fsp3) is 0.158. The third kappa shape index (κ3) is 4.30. The smallest absolute Gasteiger partial charge is 0.332 e. The minimum Gasteiger partial charge on any atom is -0.497 e. The van der Waals surface area contributed by atoms with Crippen molar-refractivity contribution >= 4 is 28.8 Å². The number of nitro groups is 1. The molecular weight excluding hydrogens is 346 g/mol. The molecule has 0 aliphatic heterocycles. The molecule has 27 heavy (non-hydrogen) atoms. The lowest BCUT2D eigenvalue weighted by atomic mass is 10.2. The van der Waals surface area contributed by atoms with E-state index >= 15 is 0 Å². The molecule has 0 aliphatic carbocycles. The normalized spacial score (nSPS) is 10.3. The van der Waals surface area contributed by atoms with Crippen molar-refractivity contribution in [2.75, 3.05) is 17.7 Å². The number of rotatable bonds is 6. The van der Waals surface area contributed by atoms with Crippen LogP contribution in [0.15, 0.2) is 48.5 Å². The van der Waals surface area contributed by atoms with E-state index in [1.165, 1.54) is 0 Å². The van der Waals surface area contributed by atoms with E-state index in [0.29, 0.717) is 11.4 Å². The van der Waals surface area contributed by atoms with Gasteiger partial charge in [0.15, 0.2) is 0 Å². The Hall–Kier alpha value is -3.68. The first-order valence-electron chi connectivity index (χ1n) is 8.24. The molecule has 0 amide bonds. The molecule has 0 bridgehead atoms. The van der Waals surface area contributed by atoms with Gasteiger partial charge in [-0.2, -0.15) is 4.98 Å². The van der Waals surface area contributed by atoms with E-state index in [1.54, 1.807) is 38.3 Å². The van der Waals surface area contributed by atoms with E-state index in [2.05, 4.69) is 20.6 Å². The molecule has 2 aromatic carbocycles. The van der Waals surface area contributed by atoms with Crippen LogP contribution < -0.4 is 15.4 Å². The van der Waals surface area contributed by atoms with Gasteiger partial charge in [-0.15, -0.1) is 0 Å². The van der Waals surface area contributed by atoms with Crippen LogP contribution in [0, 0.1) is 24.0 Å². The largest absolute Gasteiger partial charge is 0.497 e. The lowest BCUT2D eigenvalue weighted by Gasteiger charge is -2.11. The third-order valence-electron chi connectivity index (χ3n) is 3.90. The van der Waals surface area contributed by atoms with Crippen molar-refractivity contribution in [3.63, 3.8) is 0 Å². The minimum absolute atomic E-state index is 0.118. The maximum atomic E-state index is 11.5. The van der Waals surface area contributed by atoms with Crippen LogP contribution >= 0.6 is 0 Å². The molecule has 3 rings (SSSR count). The number of nitrogens with zero attached hydrogens (tertiary/aromatic N) is 3. The lowest BCUT2D eigenvalue weighted by molar-refractivity contribution is -0.385. The highest BCUT2D eigenvalue weighted by molar-refractivity contribution is 5.69. The van der Waals surface area contributed by atoms with Gasteiger partial charge >= 0.3 is 5.69 Å². The van der Waals surface area contributed by atoms with Gasteiger partial charge in [-0.25, -0.2) is 4.98 Å². The lowest BCUT2D eigenvalue weighted by Crippen LogP contribution is -2.07. The molecule has 0 spiro atoms. The molecule has 0 radical (unpaired) electrons. The van der Waals surface area contributed by atoms with E-state index in [1.807, 2.05) is 31.2 Å². The molecule has 0 atom stereocenters. The summed E-state index contributed by atoms with van der Waals surface area (Å²) >= 11 is 0. The van der Waals surface area contributed by atoms with E-state index in [0.717, 1.165) is 11.3 Å². The fourth-order valence-electron chi connectivity index (χ4n) is 2.51. The van der Waals surface area contributed by atoms with Crippen LogP contribution in [0.25, 0.3) is 0 Å². The maximum Gasteiger partial charge on any atom is 0.332 e. The molecule has 2 N–H and O–H groups in total. The molecule has 1 heterocycles. The molecule has 1 aromatic heterocycles. The summed E-state index contributed by atoms with van der Waals surface area (Å²) < 4.78 is 5.12. The summed E-state index contributed by atoms with van der Waals surface area (Å²) in [6, 6.07) is 14.7. The molecule has 8 heteroatoms. The molecule has 8 nitrogen and oxygen atoms in total. The summed E-state index contributed by atoms with van der Waals surface area (Å²) in [6.45, 7) is 3.58. The Bertz CT molecular complexity index is 956. The van der Waals surface area contributed by atoms with Crippen LogP contribution in [0.1, 0.15) is 11.3 Å². The van der Waals surface area contributed by atoms with Gasteiger partial charge in [0.2, 0.25) is 11.8 Å². The molecule has 3 aromatic rings. The Morgan fingerprint density at radius 2 is 1.52 bits per heavy atom. The van der Waals surface area contributed by atoms with E-state index in [-0.39, 0.29) is 23.1 Å². The van der Waals surface area contributed by atoms with E-state index < -0.39 is 4.92 Å². The van der Waals surface area contributed by atoms with Crippen LogP contribution in [0.2, 0.25) is 0 Å². The second kappa shape index (κ2) is 7.69. The van der Waals surface area contributed by atoms with Crippen molar-refractivity contribution in [3.8, 4) is 5.75 Å². The number of aryl methyl sites for hydroxylation is 2.